The van der Waals surface area contributed by atoms with E-state index >= 15 is 0 Å². The smallest absolute Gasteiger partial charge is 0.356 e. The Kier molecular flexibility index (Phi) is 5.78. The van der Waals surface area contributed by atoms with E-state index in [9.17, 15) is 9.59 Å². The van der Waals surface area contributed by atoms with E-state index < -0.39 is 5.97 Å². The number of carbonyl (C=O) groups excluding carboxylic acids is 2. The minimum Gasteiger partial charge on any atom is -0.461 e. The van der Waals surface area contributed by atoms with Gasteiger partial charge in [-0.05, 0) is 38.1 Å². The predicted molar refractivity (Wildman–Crippen MR) is 103 cm³/mol. The van der Waals surface area contributed by atoms with Crippen molar-refractivity contribution in [2.24, 2.45) is 7.05 Å². The van der Waals surface area contributed by atoms with E-state index in [1.54, 1.807) is 55.1 Å². The fraction of sp³-hybridized carbons (Fsp3) is 0.250. The van der Waals surface area contributed by atoms with Gasteiger partial charge in [-0.15, -0.1) is 0 Å². The van der Waals surface area contributed by atoms with Crippen molar-refractivity contribution in [3.63, 3.8) is 0 Å². The van der Waals surface area contributed by atoms with Crippen LogP contribution in [0.15, 0.2) is 48.8 Å². The summed E-state index contributed by atoms with van der Waals surface area (Å²) in [6.07, 6.45) is 1.45. The molecule has 0 aliphatic heterocycles. The minimum absolute atomic E-state index is 0.227. The van der Waals surface area contributed by atoms with E-state index in [4.69, 9.17) is 4.74 Å². The maximum Gasteiger partial charge on any atom is 0.356 e. The second kappa shape index (κ2) is 8.43. The van der Waals surface area contributed by atoms with Crippen LogP contribution < -0.4 is 5.32 Å². The molecule has 0 saturated heterocycles. The molecule has 0 saturated carbocycles. The van der Waals surface area contributed by atoms with Crippen molar-refractivity contribution < 1.29 is 14.3 Å². The maximum atomic E-state index is 12.6. The van der Waals surface area contributed by atoms with Crippen molar-refractivity contribution in [2.45, 2.75) is 19.9 Å². The number of hydrogen-bond acceptors (Lipinski definition) is 6. The lowest BCUT2D eigenvalue weighted by atomic mass is 10.1. The summed E-state index contributed by atoms with van der Waals surface area (Å²) in [5, 5.41) is 6.92. The van der Waals surface area contributed by atoms with E-state index in [-0.39, 0.29) is 24.2 Å². The number of benzene rings is 1. The lowest BCUT2D eigenvalue weighted by molar-refractivity contribution is 0.0519. The molecule has 3 aromatic rings. The van der Waals surface area contributed by atoms with Crippen LogP contribution in [0, 0.1) is 0 Å². The lowest BCUT2D eigenvalue weighted by Gasteiger charge is -2.13. The zero-order valence-electron chi connectivity index (χ0n) is 15.9. The Hall–Kier alpha value is -3.55. The van der Waals surface area contributed by atoms with Crippen LogP contribution in [0.1, 0.15) is 46.6 Å². The van der Waals surface area contributed by atoms with Crippen molar-refractivity contribution in [3.05, 3.63) is 65.9 Å². The number of pyridine rings is 1. The first-order chi connectivity index (χ1) is 13.5. The molecule has 0 bridgehead atoms. The molecule has 144 valence electrons. The van der Waals surface area contributed by atoms with Crippen molar-refractivity contribution in [3.8, 4) is 11.3 Å². The van der Waals surface area contributed by atoms with Crippen LogP contribution in [0.25, 0.3) is 11.3 Å². The minimum atomic E-state index is -0.476. The standard InChI is InChI=1S/C20H21N5O3/c1-4-28-20(27)17-10-6-9-16(24-17)14-7-5-8-15(11-14)19(26)23-13(2)18-21-12-22-25(18)3/h5-13H,4H2,1-3H3,(H,23,26)/t13-/m0/s1. The topological polar surface area (TPSA) is 99.0 Å². The molecule has 2 aromatic heterocycles. The number of rotatable bonds is 6. The van der Waals surface area contributed by atoms with E-state index in [0.29, 0.717) is 17.1 Å². The van der Waals surface area contributed by atoms with E-state index in [0.717, 1.165) is 5.56 Å². The monoisotopic (exact) mass is 379 g/mol. The van der Waals surface area contributed by atoms with Crippen LogP contribution in [0.4, 0.5) is 0 Å². The SMILES string of the molecule is CCOC(=O)c1cccc(-c2cccc(C(=O)N[C@@H](C)c3ncnn3C)c2)n1. The summed E-state index contributed by atoms with van der Waals surface area (Å²) in [5.41, 5.74) is 2.02. The Morgan fingerprint density at radius 2 is 2.00 bits per heavy atom. The van der Waals surface area contributed by atoms with Gasteiger partial charge in [-0.1, -0.05) is 18.2 Å². The molecule has 0 aliphatic rings. The van der Waals surface area contributed by atoms with Gasteiger partial charge in [0.05, 0.1) is 18.3 Å². The first-order valence-corrected chi connectivity index (χ1v) is 8.89. The first kappa shape index (κ1) is 19.2. The van der Waals surface area contributed by atoms with Crippen LogP contribution in [0.5, 0.6) is 0 Å². The van der Waals surface area contributed by atoms with Gasteiger partial charge in [0.15, 0.2) is 0 Å². The molecular weight excluding hydrogens is 358 g/mol. The number of amides is 1. The molecule has 8 nitrogen and oxygen atoms in total. The van der Waals surface area contributed by atoms with Gasteiger partial charge in [0.25, 0.3) is 5.91 Å². The number of esters is 1. The second-order valence-corrected chi connectivity index (χ2v) is 6.15. The summed E-state index contributed by atoms with van der Waals surface area (Å²) in [6.45, 7) is 3.87. The van der Waals surface area contributed by atoms with Crippen LogP contribution >= 0.6 is 0 Å². The lowest BCUT2D eigenvalue weighted by Crippen LogP contribution is -2.28. The number of hydrogen-bond donors (Lipinski definition) is 1. The van der Waals surface area contributed by atoms with Gasteiger partial charge in [0.1, 0.15) is 17.8 Å². The number of ether oxygens (including phenoxy) is 1. The molecule has 0 aliphatic carbocycles. The summed E-state index contributed by atoms with van der Waals surface area (Å²) < 4.78 is 6.61. The molecule has 0 radical (unpaired) electrons. The Bertz CT molecular complexity index is 999. The Balaban J connectivity index is 1.80. The van der Waals surface area contributed by atoms with Crippen LogP contribution in [-0.4, -0.2) is 38.2 Å². The van der Waals surface area contributed by atoms with Crippen molar-refractivity contribution in [1.29, 1.82) is 0 Å². The normalized spacial score (nSPS) is 11.7. The van der Waals surface area contributed by atoms with Crippen molar-refractivity contribution in [1.82, 2.24) is 25.1 Å². The predicted octanol–water partition coefficient (Wildman–Crippen LogP) is 2.54. The van der Waals surface area contributed by atoms with Gasteiger partial charge >= 0.3 is 5.97 Å². The summed E-state index contributed by atoms with van der Waals surface area (Å²) in [5.74, 6) is -0.0528. The molecule has 3 rings (SSSR count). The number of nitrogens with one attached hydrogen (secondary N) is 1. The molecule has 1 N–H and O–H groups in total. The number of aromatic nitrogens is 4. The third-order valence-corrected chi connectivity index (χ3v) is 4.14. The maximum absolute atomic E-state index is 12.6. The fourth-order valence-electron chi connectivity index (χ4n) is 2.78. The zero-order valence-corrected chi connectivity index (χ0v) is 15.9. The molecular formula is C20H21N5O3. The molecule has 1 amide bonds. The van der Waals surface area contributed by atoms with Gasteiger partial charge in [0, 0.05) is 18.2 Å². The molecule has 1 atom stereocenters. The zero-order chi connectivity index (χ0) is 20.1. The number of carbonyl (C=O) groups is 2. The highest BCUT2D eigenvalue weighted by atomic mass is 16.5. The average molecular weight is 379 g/mol. The molecule has 2 heterocycles. The van der Waals surface area contributed by atoms with Gasteiger partial charge < -0.3 is 10.1 Å². The van der Waals surface area contributed by atoms with Crippen LogP contribution in [0.3, 0.4) is 0 Å². The van der Waals surface area contributed by atoms with Gasteiger partial charge in [0.2, 0.25) is 0 Å². The fourth-order valence-corrected chi connectivity index (χ4v) is 2.78. The Morgan fingerprint density at radius 3 is 2.71 bits per heavy atom. The third-order valence-electron chi connectivity index (χ3n) is 4.14. The Labute approximate surface area is 162 Å². The molecule has 8 heteroatoms. The number of nitrogens with zero attached hydrogens (tertiary/aromatic N) is 4. The highest BCUT2D eigenvalue weighted by Crippen LogP contribution is 2.20. The van der Waals surface area contributed by atoms with Gasteiger partial charge in [-0.2, -0.15) is 5.10 Å². The van der Waals surface area contributed by atoms with Crippen molar-refractivity contribution >= 4 is 11.9 Å². The van der Waals surface area contributed by atoms with E-state index in [2.05, 4.69) is 20.4 Å². The summed E-state index contributed by atoms with van der Waals surface area (Å²) >= 11 is 0. The molecule has 0 fully saturated rings. The second-order valence-electron chi connectivity index (χ2n) is 6.15. The number of aryl methyl sites for hydroxylation is 1. The third kappa shape index (κ3) is 4.22. The molecule has 0 spiro atoms. The molecule has 1 aromatic carbocycles. The quantitative estimate of drug-likeness (QED) is 0.661. The van der Waals surface area contributed by atoms with Gasteiger partial charge in [-0.3, -0.25) is 9.48 Å². The Morgan fingerprint density at radius 1 is 1.21 bits per heavy atom. The largest absolute Gasteiger partial charge is 0.461 e. The summed E-state index contributed by atoms with van der Waals surface area (Å²) in [6, 6.07) is 11.9. The molecule has 28 heavy (non-hydrogen) atoms. The highest BCUT2D eigenvalue weighted by Gasteiger charge is 2.16. The summed E-state index contributed by atoms with van der Waals surface area (Å²) in [7, 11) is 1.77. The molecule has 0 unspecified atom stereocenters. The average Bonchev–Trinajstić information content (AvgIpc) is 3.14. The van der Waals surface area contributed by atoms with Gasteiger partial charge in [-0.25, -0.2) is 14.8 Å². The van der Waals surface area contributed by atoms with Crippen molar-refractivity contribution in [2.75, 3.05) is 6.61 Å². The van der Waals surface area contributed by atoms with E-state index in [1.165, 1.54) is 6.33 Å². The van der Waals surface area contributed by atoms with Crippen LogP contribution in [-0.2, 0) is 11.8 Å². The van der Waals surface area contributed by atoms with E-state index in [1.807, 2.05) is 13.0 Å². The summed E-state index contributed by atoms with van der Waals surface area (Å²) in [4.78, 5) is 33.0. The first-order valence-electron chi connectivity index (χ1n) is 8.89. The highest BCUT2D eigenvalue weighted by molar-refractivity contribution is 5.95. The van der Waals surface area contributed by atoms with Crippen LogP contribution in [0.2, 0.25) is 0 Å².